The Labute approximate surface area is 75.4 Å². The fraction of sp³-hybridized carbons (Fsp3) is 0. The van der Waals surface area contributed by atoms with Gasteiger partial charge in [-0.15, -0.1) is 0 Å². The van der Waals surface area contributed by atoms with E-state index < -0.39 is 21.7 Å². The summed E-state index contributed by atoms with van der Waals surface area (Å²) in [5.41, 5.74) is -2.30. The molecular formula is C10H2O4. The second-order valence-corrected chi connectivity index (χ2v) is 3.26. The van der Waals surface area contributed by atoms with Crippen LogP contribution in [0, 0.1) is 0 Å². The van der Waals surface area contributed by atoms with Gasteiger partial charge in [0, 0.05) is 21.5 Å². The number of rotatable bonds is 0. The second kappa shape index (κ2) is 1.87. The summed E-state index contributed by atoms with van der Waals surface area (Å²) in [6.45, 7) is 0. The molecule has 0 heterocycles. The first-order valence-electron chi connectivity index (χ1n) is 3.97. The van der Waals surface area contributed by atoms with Crippen molar-refractivity contribution in [2.24, 2.45) is 0 Å². The smallest absolute Gasteiger partial charge is 0.234 e. The van der Waals surface area contributed by atoms with E-state index in [-0.39, 0.29) is 21.5 Å². The van der Waals surface area contributed by atoms with Crippen LogP contribution < -0.4 is 21.7 Å². The third-order valence-corrected chi connectivity index (χ3v) is 2.55. The van der Waals surface area contributed by atoms with E-state index in [2.05, 4.69) is 0 Å². The second-order valence-electron chi connectivity index (χ2n) is 3.26. The molecule has 14 heavy (non-hydrogen) atoms. The average molecular weight is 186 g/mol. The molecule has 0 saturated carbocycles. The van der Waals surface area contributed by atoms with Crippen molar-refractivity contribution in [1.29, 1.82) is 0 Å². The van der Waals surface area contributed by atoms with Gasteiger partial charge in [0.15, 0.2) is 0 Å². The predicted molar refractivity (Wildman–Crippen MR) is 51.3 cm³/mol. The van der Waals surface area contributed by atoms with Crippen LogP contribution in [0.2, 0.25) is 0 Å². The van der Waals surface area contributed by atoms with Crippen LogP contribution in [-0.4, -0.2) is 0 Å². The van der Waals surface area contributed by atoms with Crippen LogP contribution in [0.4, 0.5) is 0 Å². The quantitative estimate of drug-likeness (QED) is 0.430. The summed E-state index contributed by atoms with van der Waals surface area (Å²) in [7, 11) is 0. The molecule has 0 radical (unpaired) electrons. The topological polar surface area (TPSA) is 68.3 Å². The molecule has 0 unspecified atom stereocenters. The SMILES string of the molecule is O=c1c(=O)c2cc3c(=O)c(=O)c3cc12. The zero-order valence-electron chi connectivity index (χ0n) is 6.79. The van der Waals surface area contributed by atoms with E-state index in [4.69, 9.17) is 0 Å². The van der Waals surface area contributed by atoms with E-state index in [1.54, 1.807) is 0 Å². The van der Waals surface area contributed by atoms with Crippen LogP contribution in [0.5, 0.6) is 0 Å². The third-order valence-electron chi connectivity index (χ3n) is 2.55. The highest BCUT2D eigenvalue weighted by molar-refractivity contribution is 6.02. The molecule has 0 N–H and O–H groups in total. The van der Waals surface area contributed by atoms with Crippen molar-refractivity contribution < 1.29 is 0 Å². The maximum absolute atomic E-state index is 11.0. The fourth-order valence-electron chi connectivity index (χ4n) is 1.72. The lowest BCUT2D eigenvalue weighted by Gasteiger charge is -2.02. The van der Waals surface area contributed by atoms with E-state index in [9.17, 15) is 19.2 Å². The van der Waals surface area contributed by atoms with Crippen molar-refractivity contribution in [3.8, 4) is 0 Å². The van der Waals surface area contributed by atoms with Gasteiger partial charge in [-0.1, -0.05) is 0 Å². The molecule has 0 bridgehead atoms. The Kier molecular flexibility index (Phi) is 0.978. The van der Waals surface area contributed by atoms with E-state index in [0.29, 0.717) is 0 Å². The molecule has 0 aliphatic carbocycles. The largest absolute Gasteiger partial charge is 0.285 e. The van der Waals surface area contributed by atoms with Gasteiger partial charge in [0.2, 0.25) is 21.7 Å². The van der Waals surface area contributed by atoms with E-state index in [1.165, 1.54) is 12.1 Å². The Hall–Kier alpha value is -2.10. The molecule has 0 fully saturated rings. The molecule has 3 rings (SSSR count). The monoisotopic (exact) mass is 186 g/mol. The van der Waals surface area contributed by atoms with Crippen molar-refractivity contribution in [2.45, 2.75) is 0 Å². The van der Waals surface area contributed by atoms with Gasteiger partial charge < -0.3 is 0 Å². The highest BCUT2D eigenvalue weighted by atomic mass is 16.2. The minimum Gasteiger partial charge on any atom is -0.285 e. The minimum atomic E-state index is -0.574. The van der Waals surface area contributed by atoms with Crippen molar-refractivity contribution in [2.75, 3.05) is 0 Å². The van der Waals surface area contributed by atoms with Crippen LogP contribution >= 0.6 is 0 Å². The van der Waals surface area contributed by atoms with Gasteiger partial charge in [-0.2, -0.15) is 0 Å². The van der Waals surface area contributed by atoms with Gasteiger partial charge in [0.1, 0.15) is 0 Å². The van der Waals surface area contributed by atoms with Gasteiger partial charge in [-0.05, 0) is 12.1 Å². The van der Waals surface area contributed by atoms with E-state index in [1.807, 2.05) is 0 Å². The normalized spacial score (nSPS) is 12.0. The lowest BCUT2D eigenvalue weighted by molar-refractivity contribution is 1.50. The zero-order valence-corrected chi connectivity index (χ0v) is 6.79. The summed E-state index contributed by atoms with van der Waals surface area (Å²) in [6, 6.07) is 2.66. The maximum atomic E-state index is 11.0. The third kappa shape index (κ3) is 0.546. The number of hydrogen-bond acceptors (Lipinski definition) is 4. The molecule has 3 aromatic rings. The highest BCUT2D eigenvalue weighted by Gasteiger charge is 2.19. The first kappa shape index (κ1) is 7.32. The number of benzene rings is 1. The van der Waals surface area contributed by atoms with Crippen LogP contribution in [0.3, 0.4) is 0 Å². The molecule has 4 nitrogen and oxygen atoms in total. The number of hydrogen-bond donors (Lipinski definition) is 0. The highest BCUT2D eigenvalue weighted by Crippen LogP contribution is 2.15. The summed E-state index contributed by atoms with van der Waals surface area (Å²) in [4.78, 5) is 43.9. The molecule has 0 aliphatic heterocycles. The average Bonchev–Trinajstić information content (AvgIpc) is 2.24. The Morgan fingerprint density at radius 1 is 0.500 bits per heavy atom. The van der Waals surface area contributed by atoms with Crippen LogP contribution in [0.1, 0.15) is 0 Å². The standard InChI is InChI=1S/C10H2O4/c11-7-3-1-4-6(10(14)8(4)12)2-5(3)9(7)13/h1-2H. The Morgan fingerprint density at radius 3 is 0.929 bits per heavy atom. The van der Waals surface area contributed by atoms with Crippen molar-refractivity contribution in [1.82, 2.24) is 0 Å². The summed E-state index contributed by atoms with van der Waals surface area (Å²) in [6.07, 6.45) is 0. The fourth-order valence-corrected chi connectivity index (χ4v) is 1.72. The summed E-state index contributed by atoms with van der Waals surface area (Å²) in [5.74, 6) is 0. The van der Waals surface area contributed by atoms with E-state index in [0.717, 1.165) is 0 Å². The lowest BCUT2D eigenvalue weighted by atomic mass is 9.96. The van der Waals surface area contributed by atoms with Gasteiger partial charge in [0.05, 0.1) is 0 Å². The molecule has 3 aromatic carbocycles. The molecule has 0 amide bonds. The van der Waals surface area contributed by atoms with Crippen molar-refractivity contribution >= 4 is 21.5 Å². The van der Waals surface area contributed by atoms with E-state index >= 15 is 0 Å². The Balaban J connectivity index is 2.70. The molecular weight excluding hydrogens is 184 g/mol. The minimum absolute atomic E-state index is 0.259. The van der Waals surface area contributed by atoms with Gasteiger partial charge >= 0.3 is 0 Å². The molecule has 0 atom stereocenters. The van der Waals surface area contributed by atoms with Gasteiger partial charge in [-0.3, -0.25) is 19.2 Å². The molecule has 0 aromatic heterocycles. The Bertz CT molecular complexity index is 697. The van der Waals surface area contributed by atoms with Gasteiger partial charge in [-0.25, -0.2) is 0 Å². The molecule has 0 saturated heterocycles. The lowest BCUT2D eigenvalue weighted by Crippen LogP contribution is -2.35. The summed E-state index contributed by atoms with van der Waals surface area (Å²) >= 11 is 0. The van der Waals surface area contributed by atoms with Crippen LogP contribution in [0.15, 0.2) is 31.3 Å². The molecule has 0 aliphatic rings. The first-order chi connectivity index (χ1) is 6.61. The van der Waals surface area contributed by atoms with Crippen LogP contribution in [-0.2, 0) is 0 Å². The Morgan fingerprint density at radius 2 is 0.714 bits per heavy atom. The summed E-state index contributed by atoms with van der Waals surface area (Å²) in [5, 5.41) is 1.04. The maximum Gasteiger partial charge on any atom is 0.234 e. The summed E-state index contributed by atoms with van der Waals surface area (Å²) < 4.78 is 0. The zero-order chi connectivity index (χ0) is 10.0. The van der Waals surface area contributed by atoms with Gasteiger partial charge in [0.25, 0.3) is 0 Å². The molecule has 0 spiro atoms. The predicted octanol–water partition coefficient (Wildman–Crippen LogP) is -0.815. The van der Waals surface area contributed by atoms with Crippen molar-refractivity contribution in [3.63, 3.8) is 0 Å². The molecule has 66 valence electrons. The molecule has 4 heteroatoms. The first-order valence-corrected chi connectivity index (χ1v) is 3.97. The van der Waals surface area contributed by atoms with Crippen molar-refractivity contribution in [3.05, 3.63) is 53.0 Å². The number of fused-ring (bicyclic) bond motifs is 2. The van der Waals surface area contributed by atoms with Crippen LogP contribution in [0.25, 0.3) is 21.5 Å².